The average molecular weight is 687 g/mol. The maximum absolute atomic E-state index is 15.0. The maximum atomic E-state index is 15.0. The van der Waals surface area contributed by atoms with Crippen molar-refractivity contribution in [3.8, 4) is 32.4 Å². The molecule has 6 aromatic heterocycles. The third-order valence-electron chi connectivity index (χ3n) is 9.47. The van der Waals surface area contributed by atoms with Gasteiger partial charge in [-0.05, 0) is 70.4 Å². The highest BCUT2D eigenvalue weighted by Crippen LogP contribution is 2.45. The van der Waals surface area contributed by atoms with Gasteiger partial charge in [-0.15, -0.1) is 22.7 Å². The molecule has 10 rings (SSSR count). The van der Waals surface area contributed by atoms with Crippen LogP contribution in [-0.2, 0) is 13.2 Å². The lowest BCUT2D eigenvalue weighted by Gasteiger charge is -2.10. The van der Waals surface area contributed by atoms with E-state index in [9.17, 15) is 0 Å². The van der Waals surface area contributed by atoms with Crippen LogP contribution in [0.25, 0.3) is 64.5 Å². The van der Waals surface area contributed by atoms with Crippen LogP contribution in [0.2, 0.25) is 0 Å². The minimum atomic E-state index is -0.126. The molecule has 0 atom stereocenters. The van der Waals surface area contributed by atoms with Crippen molar-refractivity contribution in [1.29, 1.82) is 0 Å². The Hall–Kier alpha value is -5.96. The van der Waals surface area contributed by atoms with E-state index < -0.39 is 0 Å². The van der Waals surface area contributed by atoms with E-state index in [1.54, 1.807) is 0 Å². The van der Waals surface area contributed by atoms with Gasteiger partial charge in [0.05, 0.1) is 33.2 Å². The summed E-state index contributed by atoms with van der Waals surface area (Å²) in [5, 5.41) is 7.08. The number of rotatable bonds is 8. The van der Waals surface area contributed by atoms with E-state index in [0.29, 0.717) is 35.8 Å². The van der Waals surface area contributed by atoms with Crippen molar-refractivity contribution in [2.24, 2.45) is 0 Å². The molecule has 0 aliphatic carbocycles. The molecule has 0 saturated carbocycles. The third-order valence-corrected chi connectivity index (χ3v) is 11.2. The van der Waals surface area contributed by atoms with Gasteiger partial charge in [-0.2, -0.15) is 0 Å². The largest absolute Gasteiger partial charge is 0.489 e. The van der Waals surface area contributed by atoms with E-state index >= 15 is 9.59 Å². The molecule has 0 N–H and O–H groups in total. The lowest BCUT2D eigenvalue weighted by Crippen LogP contribution is -2.19. The van der Waals surface area contributed by atoms with Crippen LogP contribution in [0.5, 0.6) is 11.5 Å². The van der Waals surface area contributed by atoms with Gasteiger partial charge in [0.15, 0.2) is 0 Å². The molecular weight excluding hydrogens is 661 g/mol. The fraction of sp³-hybridized carbons (Fsp3) is 0.0476. The van der Waals surface area contributed by atoms with E-state index in [0.717, 1.165) is 64.5 Å². The molecule has 0 saturated heterocycles. The predicted octanol–water partition coefficient (Wildman–Crippen LogP) is 9.86. The summed E-state index contributed by atoms with van der Waals surface area (Å²) in [7, 11) is 0. The number of thiophene rings is 2. The molecule has 50 heavy (non-hydrogen) atoms. The molecule has 0 aliphatic rings. The number of hydrogen-bond donors (Lipinski definition) is 0. The molecule has 0 unspecified atom stereocenters. The number of fused-ring (bicyclic) bond motifs is 6. The number of hydrogen-bond acceptors (Lipinski definition) is 6. The van der Waals surface area contributed by atoms with Gasteiger partial charge in [0.1, 0.15) is 24.7 Å². The Morgan fingerprint density at radius 3 is 1.34 bits per heavy atom. The van der Waals surface area contributed by atoms with Crippen LogP contribution < -0.4 is 20.6 Å². The van der Waals surface area contributed by atoms with Crippen molar-refractivity contribution >= 4 is 66.3 Å². The van der Waals surface area contributed by atoms with E-state index in [1.165, 1.54) is 22.7 Å². The third kappa shape index (κ3) is 4.32. The molecule has 0 aliphatic heterocycles. The summed E-state index contributed by atoms with van der Waals surface area (Å²) in [6, 6.07) is 39.6. The summed E-state index contributed by atoms with van der Waals surface area (Å²) >= 11 is 3.03. The van der Waals surface area contributed by atoms with Gasteiger partial charge in [-0.25, -0.2) is 0 Å². The summed E-state index contributed by atoms with van der Waals surface area (Å²) in [5.74, 6) is 1.33. The highest BCUT2D eigenvalue weighted by Gasteiger charge is 2.30. The Morgan fingerprint density at radius 2 is 0.940 bits per heavy atom. The Balaban J connectivity index is 1.31. The van der Waals surface area contributed by atoms with E-state index in [2.05, 4.69) is 0 Å². The Morgan fingerprint density at radius 1 is 0.500 bits per heavy atom. The zero-order valence-corrected chi connectivity index (χ0v) is 28.1. The van der Waals surface area contributed by atoms with Crippen molar-refractivity contribution in [1.82, 2.24) is 8.80 Å². The second-order valence-electron chi connectivity index (χ2n) is 12.3. The molecule has 0 fully saturated rings. The summed E-state index contributed by atoms with van der Waals surface area (Å²) in [5.41, 5.74) is 5.93. The molecule has 0 amide bonds. The summed E-state index contributed by atoms with van der Waals surface area (Å²) in [6.45, 7) is 0.802. The second-order valence-corrected chi connectivity index (χ2v) is 14.2. The van der Waals surface area contributed by atoms with Crippen LogP contribution in [0, 0.1) is 0 Å². The molecule has 10 aromatic rings. The van der Waals surface area contributed by atoms with E-state index in [4.69, 9.17) is 9.47 Å². The second kappa shape index (κ2) is 11.3. The van der Waals surface area contributed by atoms with Crippen molar-refractivity contribution < 1.29 is 9.47 Å². The Labute approximate surface area is 292 Å². The molecule has 6 nitrogen and oxygen atoms in total. The monoisotopic (exact) mass is 686 g/mol. The molecule has 0 bridgehead atoms. The van der Waals surface area contributed by atoms with Crippen LogP contribution >= 0.6 is 22.7 Å². The minimum absolute atomic E-state index is 0.126. The molecule has 0 spiro atoms. The quantitative estimate of drug-likeness (QED) is 0.160. The standard InChI is InChI=1S/C42H26N2O4S2/c45-41-37(33-13-7-19-49-33)35-29-21-27(47-23-25-9-3-1-4-10-25)15-17-31(29)43-39(35)40-36(38(42(43)46)34-14-8-20-50-34)30-22-28(16-18-32(30)44(40)41)48-24-26-11-5-2-6-12-26/h1-22H,23-24H2. The first-order chi connectivity index (χ1) is 24.7. The van der Waals surface area contributed by atoms with E-state index in [1.807, 2.05) is 141 Å². The van der Waals surface area contributed by atoms with Gasteiger partial charge in [0.2, 0.25) is 0 Å². The predicted molar refractivity (Wildman–Crippen MR) is 204 cm³/mol. The van der Waals surface area contributed by atoms with Crippen molar-refractivity contribution in [2.75, 3.05) is 0 Å². The SMILES string of the molecule is O=c1c(-c2cccs2)c2c3cc(OCc4ccccc4)ccc3n3c(=O)c(-c4cccs4)c4c5cc(OCc6ccccc6)ccc5n1c4c23. The van der Waals surface area contributed by atoms with Gasteiger partial charge in [-0.1, -0.05) is 72.8 Å². The zero-order valence-electron chi connectivity index (χ0n) is 26.5. The van der Waals surface area contributed by atoms with Crippen LogP contribution in [0.1, 0.15) is 11.1 Å². The van der Waals surface area contributed by atoms with Crippen molar-refractivity contribution in [3.05, 3.63) is 164 Å². The summed E-state index contributed by atoms with van der Waals surface area (Å²) < 4.78 is 16.2. The van der Waals surface area contributed by atoms with Gasteiger partial charge in [0, 0.05) is 31.3 Å². The molecular formula is C42H26N2O4S2. The molecule has 6 heterocycles. The smallest absolute Gasteiger partial charge is 0.265 e. The number of aromatic nitrogens is 2. The van der Waals surface area contributed by atoms with E-state index in [-0.39, 0.29) is 11.1 Å². The first-order valence-electron chi connectivity index (χ1n) is 16.3. The van der Waals surface area contributed by atoms with Gasteiger partial charge in [-0.3, -0.25) is 18.4 Å². The Kier molecular flexibility index (Phi) is 6.55. The normalized spacial score (nSPS) is 11.9. The van der Waals surface area contributed by atoms with Gasteiger partial charge >= 0.3 is 0 Å². The minimum Gasteiger partial charge on any atom is -0.489 e. The highest BCUT2D eigenvalue weighted by atomic mass is 32.1. The van der Waals surface area contributed by atoms with Crippen molar-refractivity contribution in [3.63, 3.8) is 0 Å². The molecule has 8 heteroatoms. The first kappa shape index (κ1) is 29.0. The highest BCUT2D eigenvalue weighted by molar-refractivity contribution is 7.14. The summed E-state index contributed by atoms with van der Waals surface area (Å²) in [6.07, 6.45) is 0. The van der Waals surface area contributed by atoms with Crippen LogP contribution in [0.4, 0.5) is 0 Å². The van der Waals surface area contributed by atoms with Crippen LogP contribution in [0.3, 0.4) is 0 Å². The lowest BCUT2D eigenvalue weighted by atomic mass is 10.0. The van der Waals surface area contributed by atoms with Gasteiger partial charge in [0.25, 0.3) is 11.1 Å². The van der Waals surface area contributed by atoms with Crippen LogP contribution in [0.15, 0.2) is 142 Å². The van der Waals surface area contributed by atoms with Crippen LogP contribution in [-0.4, -0.2) is 8.80 Å². The maximum Gasteiger partial charge on any atom is 0.265 e. The van der Waals surface area contributed by atoms with Gasteiger partial charge < -0.3 is 9.47 Å². The topological polar surface area (TPSA) is 61.4 Å². The fourth-order valence-corrected chi connectivity index (χ4v) is 8.85. The molecule has 240 valence electrons. The molecule has 0 radical (unpaired) electrons. The number of ether oxygens (including phenoxy) is 2. The Bertz CT molecular complexity index is 2750. The number of benzene rings is 4. The molecule has 4 aromatic carbocycles. The fourth-order valence-electron chi connectivity index (χ4n) is 7.31. The zero-order chi connectivity index (χ0) is 33.3. The summed E-state index contributed by atoms with van der Waals surface area (Å²) in [4.78, 5) is 31.7. The van der Waals surface area contributed by atoms with Crippen molar-refractivity contribution in [2.45, 2.75) is 13.2 Å². The lowest BCUT2D eigenvalue weighted by molar-refractivity contribution is 0.306. The number of pyridine rings is 2. The number of nitrogens with zero attached hydrogens (tertiary/aromatic N) is 2. The average Bonchev–Trinajstić information content (AvgIpc) is 3.98. The first-order valence-corrected chi connectivity index (χ1v) is 18.0.